The van der Waals surface area contributed by atoms with Crippen LogP contribution in [0.15, 0.2) is 0 Å². The molecule has 0 spiro atoms. The van der Waals surface area contributed by atoms with Crippen molar-refractivity contribution in [2.45, 2.75) is 38.8 Å². The highest BCUT2D eigenvalue weighted by Crippen LogP contribution is 2.48. The molecule has 1 aliphatic rings. The Morgan fingerprint density at radius 3 is 2.19 bits per heavy atom. The van der Waals surface area contributed by atoms with E-state index in [4.69, 9.17) is 5.26 Å². The molecule has 1 fully saturated rings. The Hall–Kier alpha value is -0.690. The van der Waals surface area contributed by atoms with Gasteiger partial charge in [-0.25, -0.2) is 4.89 Å². The van der Waals surface area contributed by atoms with Crippen LogP contribution < -0.4 is 0 Å². The van der Waals surface area contributed by atoms with E-state index in [-0.39, 0.29) is 6.61 Å². The maximum atomic E-state index is 11.3. The lowest BCUT2D eigenvalue weighted by atomic mass is 9.78. The van der Waals surface area contributed by atoms with Crippen LogP contribution in [0.1, 0.15) is 27.7 Å². The zero-order chi connectivity index (χ0) is 12.7. The van der Waals surface area contributed by atoms with Gasteiger partial charge in [0, 0.05) is 11.5 Å². The first-order chi connectivity index (χ1) is 7.17. The highest BCUT2D eigenvalue weighted by atomic mass is 17.1. The van der Waals surface area contributed by atoms with E-state index >= 15 is 0 Å². The smallest absolute Gasteiger partial charge is 0.308 e. The van der Waals surface area contributed by atoms with Gasteiger partial charge in [-0.05, 0) is 27.7 Å². The van der Waals surface area contributed by atoms with Crippen LogP contribution in [0.25, 0.3) is 0 Å². The average molecular weight is 233 g/mol. The first kappa shape index (κ1) is 13.4. The van der Waals surface area contributed by atoms with Crippen LogP contribution in [0.2, 0.25) is 0 Å². The van der Waals surface area contributed by atoms with Crippen molar-refractivity contribution in [3.63, 3.8) is 0 Å². The molecule has 1 aliphatic heterocycles. The predicted octanol–water partition coefficient (Wildman–Crippen LogP) is 1.05. The Morgan fingerprint density at radius 2 is 1.81 bits per heavy atom. The molecule has 0 aliphatic carbocycles. The fourth-order valence-corrected chi connectivity index (χ4v) is 2.79. The van der Waals surface area contributed by atoms with Crippen LogP contribution in [-0.2, 0) is 9.68 Å². The summed E-state index contributed by atoms with van der Waals surface area (Å²) in [5, 5.41) is 28.8. The van der Waals surface area contributed by atoms with Gasteiger partial charge in [-0.1, -0.05) is 0 Å². The SMILES string of the molecule is CC1(C)C(COO)C(C(=O)O)C(C)(C)N1O. The second kappa shape index (κ2) is 3.96. The molecular formula is C10H19NO5. The molecule has 0 aromatic rings. The molecule has 0 aromatic carbocycles. The van der Waals surface area contributed by atoms with Gasteiger partial charge in [0.2, 0.25) is 0 Å². The molecule has 16 heavy (non-hydrogen) atoms. The summed E-state index contributed by atoms with van der Waals surface area (Å²) in [4.78, 5) is 15.3. The average Bonchev–Trinajstić information content (AvgIpc) is 2.26. The molecule has 0 radical (unpaired) electrons. The van der Waals surface area contributed by atoms with E-state index < -0.39 is 28.9 Å². The van der Waals surface area contributed by atoms with Crippen molar-refractivity contribution in [3.05, 3.63) is 0 Å². The van der Waals surface area contributed by atoms with Gasteiger partial charge < -0.3 is 10.3 Å². The normalized spacial score (nSPS) is 32.9. The van der Waals surface area contributed by atoms with Crippen LogP contribution in [0.4, 0.5) is 0 Å². The van der Waals surface area contributed by atoms with E-state index in [1.54, 1.807) is 27.7 Å². The summed E-state index contributed by atoms with van der Waals surface area (Å²) < 4.78 is 0. The van der Waals surface area contributed by atoms with E-state index in [9.17, 15) is 15.1 Å². The molecule has 1 saturated heterocycles. The summed E-state index contributed by atoms with van der Waals surface area (Å²) in [6, 6.07) is 0. The zero-order valence-electron chi connectivity index (χ0n) is 9.97. The number of carbonyl (C=O) groups is 1. The molecule has 0 aromatic heterocycles. The lowest BCUT2D eigenvalue weighted by molar-refractivity contribution is -0.261. The Kier molecular flexibility index (Phi) is 3.31. The quantitative estimate of drug-likeness (QED) is 0.498. The number of rotatable bonds is 3. The van der Waals surface area contributed by atoms with Gasteiger partial charge in [0.05, 0.1) is 18.1 Å². The molecule has 0 saturated carbocycles. The van der Waals surface area contributed by atoms with Crippen LogP contribution >= 0.6 is 0 Å². The highest BCUT2D eigenvalue weighted by Gasteiger charge is 2.61. The van der Waals surface area contributed by atoms with Gasteiger partial charge in [-0.15, -0.1) is 0 Å². The van der Waals surface area contributed by atoms with Crippen molar-refractivity contribution in [3.8, 4) is 0 Å². The van der Waals surface area contributed by atoms with E-state index in [2.05, 4.69) is 4.89 Å². The van der Waals surface area contributed by atoms with Crippen LogP contribution in [-0.4, -0.2) is 44.3 Å². The molecule has 1 heterocycles. The van der Waals surface area contributed by atoms with Gasteiger partial charge in [-0.2, -0.15) is 5.06 Å². The van der Waals surface area contributed by atoms with Crippen LogP contribution in [0.3, 0.4) is 0 Å². The molecule has 3 N–H and O–H groups in total. The van der Waals surface area contributed by atoms with Gasteiger partial charge in [0.1, 0.15) is 0 Å². The third kappa shape index (κ3) is 1.71. The standard InChI is InChI=1S/C10H19NO5/c1-9(2)6(5-16-15)7(8(12)13)10(3,4)11(9)14/h6-7,14-15H,5H2,1-4H3,(H,12,13). The van der Waals surface area contributed by atoms with E-state index in [0.29, 0.717) is 0 Å². The third-order valence-corrected chi connectivity index (χ3v) is 3.68. The van der Waals surface area contributed by atoms with Crippen LogP contribution in [0, 0.1) is 11.8 Å². The fourth-order valence-electron chi connectivity index (χ4n) is 2.79. The lowest BCUT2D eigenvalue weighted by Crippen LogP contribution is -2.48. The molecule has 6 nitrogen and oxygen atoms in total. The van der Waals surface area contributed by atoms with Crippen LogP contribution in [0.5, 0.6) is 0 Å². The zero-order valence-corrected chi connectivity index (χ0v) is 9.97. The lowest BCUT2D eigenvalue weighted by Gasteiger charge is -2.35. The summed E-state index contributed by atoms with van der Waals surface area (Å²) in [6.07, 6.45) is 0. The van der Waals surface area contributed by atoms with E-state index in [1.807, 2.05) is 0 Å². The first-order valence-corrected chi connectivity index (χ1v) is 5.15. The molecule has 1 rings (SSSR count). The van der Waals surface area contributed by atoms with Crippen molar-refractivity contribution in [2.75, 3.05) is 6.61 Å². The Morgan fingerprint density at radius 1 is 1.31 bits per heavy atom. The third-order valence-electron chi connectivity index (χ3n) is 3.68. The number of aliphatic carboxylic acids is 1. The minimum absolute atomic E-state index is 0.121. The highest BCUT2D eigenvalue weighted by molar-refractivity contribution is 5.73. The molecule has 0 amide bonds. The second-order valence-electron chi connectivity index (χ2n) is 5.34. The van der Waals surface area contributed by atoms with Gasteiger partial charge in [0.15, 0.2) is 0 Å². The molecule has 0 bridgehead atoms. The molecule has 2 atom stereocenters. The molecule has 2 unspecified atom stereocenters. The molecular weight excluding hydrogens is 214 g/mol. The minimum atomic E-state index is -1.00. The van der Waals surface area contributed by atoms with Gasteiger partial charge in [0.25, 0.3) is 0 Å². The largest absolute Gasteiger partial charge is 0.481 e. The summed E-state index contributed by atoms with van der Waals surface area (Å²) in [6.45, 7) is 6.64. The number of hydrogen-bond donors (Lipinski definition) is 3. The van der Waals surface area contributed by atoms with Gasteiger partial charge >= 0.3 is 5.97 Å². The summed E-state index contributed by atoms with van der Waals surface area (Å²) in [7, 11) is 0. The van der Waals surface area contributed by atoms with E-state index in [1.165, 1.54) is 0 Å². The minimum Gasteiger partial charge on any atom is -0.481 e. The maximum absolute atomic E-state index is 11.3. The molecule has 6 heteroatoms. The number of carboxylic acids is 1. The number of carboxylic acid groups (broad SMARTS) is 1. The first-order valence-electron chi connectivity index (χ1n) is 5.15. The number of hydroxylamine groups is 2. The maximum Gasteiger partial charge on any atom is 0.308 e. The van der Waals surface area contributed by atoms with E-state index in [0.717, 1.165) is 5.06 Å². The van der Waals surface area contributed by atoms with Crippen molar-refractivity contribution < 1.29 is 25.3 Å². The Bertz CT molecular complexity index is 289. The Labute approximate surface area is 94.3 Å². The predicted molar refractivity (Wildman–Crippen MR) is 55.0 cm³/mol. The number of hydrogen-bond acceptors (Lipinski definition) is 5. The summed E-state index contributed by atoms with van der Waals surface area (Å²) in [5.41, 5.74) is -1.67. The van der Waals surface area contributed by atoms with Crippen molar-refractivity contribution in [1.82, 2.24) is 5.06 Å². The summed E-state index contributed by atoms with van der Waals surface area (Å²) >= 11 is 0. The fraction of sp³-hybridized carbons (Fsp3) is 0.900. The van der Waals surface area contributed by atoms with Crippen molar-refractivity contribution in [2.24, 2.45) is 11.8 Å². The molecule has 94 valence electrons. The number of nitrogens with zero attached hydrogens (tertiary/aromatic N) is 1. The Balaban J connectivity index is 3.17. The van der Waals surface area contributed by atoms with Crippen molar-refractivity contribution >= 4 is 5.97 Å². The monoisotopic (exact) mass is 233 g/mol. The van der Waals surface area contributed by atoms with Crippen molar-refractivity contribution in [1.29, 1.82) is 0 Å². The second-order valence-corrected chi connectivity index (χ2v) is 5.34. The van der Waals surface area contributed by atoms with Gasteiger partial charge in [-0.3, -0.25) is 10.1 Å². The topological polar surface area (TPSA) is 90.2 Å². The summed E-state index contributed by atoms with van der Waals surface area (Å²) in [5.74, 6) is -2.30.